The lowest BCUT2D eigenvalue weighted by atomic mass is 10.1. The molecule has 0 amide bonds. The lowest BCUT2D eigenvalue weighted by molar-refractivity contribution is 0.597. The van der Waals surface area contributed by atoms with E-state index < -0.39 is 9.84 Å². The molecule has 0 bridgehead atoms. The molecular weight excluding hydrogens is 300 g/mol. The Morgan fingerprint density at radius 3 is 2.50 bits per heavy atom. The van der Waals surface area contributed by atoms with Crippen molar-refractivity contribution in [3.05, 3.63) is 48.0 Å². The van der Waals surface area contributed by atoms with Crippen LogP contribution in [0.3, 0.4) is 0 Å². The summed E-state index contributed by atoms with van der Waals surface area (Å²) in [7, 11) is -3.25. The molecule has 6 heteroatoms. The second-order valence-corrected chi connectivity index (χ2v) is 7.23. The summed E-state index contributed by atoms with van der Waals surface area (Å²) >= 11 is 0. The van der Waals surface area contributed by atoms with Crippen LogP contribution in [0.1, 0.15) is 12.5 Å². The van der Waals surface area contributed by atoms with E-state index >= 15 is 0 Å². The first-order valence-electron chi connectivity index (χ1n) is 6.96. The molecule has 3 aromatic rings. The maximum Gasteiger partial charge on any atom is 0.227 e. The van der Waals surface area contributed by atoms with Crippen LogP contribution in [0.2, 0.25) is 0 Å². The monoisotopic (exact) mass is 316 g/mol. The summed E-state index contributed by atoms with van der Waals surface area (Å²) in [5.41, 5.74) is 8.52. The third kappa shape index (κ3) is 2.63. The summed E-state index contributed by atoms with van der Waals surface area (Å²) < 4.78 is 29.5. The van der Waals surface area contributed by atoms with Crippen LogP contribution in [0.15, 0.2) is 51.8 Å². The molecule has 0 spiro atoms. The van der Waals surface area contributed by atoms with Crippen molar-refractivity contribution in [1.82, 2.24) is 4.98 Å². The third-order valence-corrected chi connectivity index (χ3v) is 5.27. The zero-order valence-corrected chi connectivity index (χ0v) is 12.9. The van der Waals surface area contributed by atoms with Gasteiger partial charge in [-0.1, -0.05) is 19.1 Å². The second kappa shape index (κ2) is 5.55. The van der Waals surface area contributed by atoms with Crippen LogP contribution in [-0.4, -0.2) is 19.2 Å². The number of fused-ring (bicyclic) bond motifs is 1. The average molecular weight is 316 g/mol. The van der Waals surface area contributed by atoms with Crippen molar-refractivity contribution < 1.29 is 12.8 Å². The Morgan fingerprint density at radius 1 is 1.14 bits per heavy atom. The summed E-state index contributed by atoms with van der Waals surface area (Å²) in [5.74, 6) is 0.522. The molecule has 0 aliphatic heterocycles. The molecule has 2 N–H and O–H groups in total. The number of hydrogen-bond donors (Lipinski definition) is 1. The topological polar surface area (TPSA) is 86.2 Å². The van der Waals surface area contributed by atoms with Crippen molar-refractivity contribution in [1.29, 1.82) is 0 Å². The van der Waals surface area contributed by atoms with Crippen LogP contribution in [-0.2, 0) is 16.4 Å². The summed E-state index contributed by atoms with van der Waals surface area (Å²) in [5, 5.41) is 0. The number of benzene rings is 2. The molecule has 5 nitrogen and oxygen atoms in total. The fourth-order valence-electron chi connectivity index (χ4n) is 2.17. The fourth-order valence-corrected chi connectivity index (χ4v) is 3.07. The Kier molecular flexibility index (Phi) is 3.72. The van der Waals surface area contributed by atoms with Gasteiger partial charge in [-0.25, -0.2) is 13.4 Å². The second-order valence-electron chi connectivity index (χ2n) is 4.95. The van der Waals surface area contributed by atoms with Crippen LogP contribution in [0.4, 0.5) is 0 Å². The smallest absolute Gasteiger partial charge is 0.227 e. The molecule has 1 aromatic heterocycles. The molecule has 0 fully saturated rings. The molecule has 1 heterocycles. The largest absolute Gasteiger partial charge is 0.436 e. The van der Waals surface area contributed by atoms with E-state index in [0.29, 0.717) is 23.5 Å². The van der Waals surface area contributed by atoms with Crippen molar-refractivity contribution in [3.63, 3.8) is 0 Å². The van der Waals surface area contributed by atoms with Crippen LogP contribution >= 0.6 is 0 Å². The Morgan fingerprint density at radius 2 is 1.86 bits per heavy atom. The first-order valence-corrected chi connectivity index (χ1v) is 8.61. The van der Waals surface area contributed by atoms with Gasteiger partial charge in [-0.2, -0.15) is 0 Å². The summed E-state index contributed by atoms with van der Waals surface area (Å²) in [6, 6.07) is 12.3. The van der Waals surface area contributed by atoms with E-state index in [2.05, 4.69) is 4.98 Å². The molecule has 2 aromatic carbocycles. The van der Waals surface area contributed by atoms with Gasteiger partial charge in [0.05, 0.1) is 10.6 Å². The minimum atomic E-state index is -3.25. The Balaban J connectivity index is 2.05. The molecule has 0 aliphatic rings. The Labute approximate surface area is 128 Å². The Hall–Kier alpha value is -2.18. The first kappa shape index (κ1) is 14.7. The zero-order chi connectivity index (χ0) is 15.7. The van der Waals surface area contributed by atoms with Gasteiger partial charge in [-0.3, -0.25) is 0 Å². The highest BCUT2D eigenvalue weighted by Crippen LogP contribution is 2.26. The van der Waals surface area contributed by atoms with Crippen LogP contribution in [0.25, 0.3) is 22.6 Å². The first-order chi connectivity index (χ1) is 10.5. The molecule has 0 saturated carbocycles. The molecule has 3 rings (SSSR count). The van der Waals surface area contributed by atoms with Gasteiger partial charge in [0.1, 0.15) is 5.52 Å². The summed E-state index contributed by atoms with van der Waals surface area (Å²) in [6.45, 7) is 2.10. The number of rotatable bonds is 4. The SMILES string of the molecule is CCS(=O)(=O)c1ccc2oc(-c3ccc(CN)cc3)nc2c1. The van der Waals surface area contributed by atoms with E-state index in [9.17, 15) is 8.42 Å². The van der Waals surface area contributed by atoms with E-state index in [1.165, 1.54) is 0 Å². The van der Waals surface area contributed by atoms with E-state index in [1.807, 2.05) is 24.3 Å². The minimum absolute atomic E-state index is 0.0593. The van der Waals surface area contributed by atoms with Crippen molar-refractivity contribution in [2.75, 3.05) is 5.75 Å². The predicted octanol–water partition coefficient (Wildman–Crippen LogP) is 2.75. The number of aromatic nitrogens is 1. The molecule has 0 unspecified atom stereocenters. The quantitative estimate of drug-likeness (QED) is 0.800. The van der Waals surface area contributed by atoms with E-state index in [1.54, 1.807) is 25.1 Å². The zero-order valence-electron chi connectivity index (χ0n) is 12.1. The summed E-state index contributed by atoms with van der Waals surface area (Å²) in [6.07, 6.45) is 0. The normalized spacial score (nSPS) is 11.9. The molecule has 22 heavy (non-hydrogen) atoms. The fraction of sp³-hybridized carbons (Fsp3) is 0.188. The molecule has 0 atom stereocenters. The van der Waals surface area contributed by atoms with Gasteiger partial charge in [-0.05, 0) is 35.9 Å². The van der Waals surface area contributed by atoms with Gasteiger partial charge in [0.2, 0.25) is 5.89 Å². The van der Waals surface area contributed by atoms with Crippen molar-refractivity contribution in [2.45, 2.75) is 18.4 Å². The van der Waals surface area contributed by atoms with E-state index in [0.717, 1.165) is 11.1 Å². The highest BCUT2D eigenvalue weighted by atomic mass is 32.2. The number of hydrogen-bond acceptors (Lipinski definition) is 5. The highest BCUT2D eigenvalue weighted by Gasteiger charge is 2.15. The molecule has 0 aliphatic carbocycles. The van der Waals surface area contributed by atoms with Gasteiger partial charge >= 0.3 is 0 Å². The highest BCUT2D eigenvalue weighted by molar-refractivity contribution is 7.91. The number of nitrogens with two attached hydrogens (primary N) is 1. The molecule has 114 valence electrons. The third-order valence-electron chi connectivity index (χ3n) is 3.53. The average Bonchev–Trinajstić information content (AvgIpc) is 2.98. The number of oxazole rings is 1. The lowest BCUT2D eigenvalue weighted by Gasteiger charge is -1.99. The van der Waals surface area contributed by atoms with Crippen molar-refractivity contribution in [3.8, 4) is 11.5 Å². The van der Waals surface area contributed by atoms with E-state index in [4.69, 9.17) is 10.2 Å². The van der Waals surface area contributed by atoms with Crippen LogP contribution in [0, 0.1) is 0 Å². The number of nitrogens with zero attached hydrogens (tertiary/aromatic N) is 1. The van der Waals surface area contributed by atoms with Gasteiger partial charge in [0, 0.05) is 12.1 Å². The number of sulfone groups is 1. The van der Waals surface area contributed by atoms with Gasteiger partial charge in [-0.15, -0.1) is 0 Å². The minimum Gasteiger partial charge on any atom is -0.436 e. The van der Waals surface area contributed by atoms with Crippen LogP contribution in [0.5, 0.6) is 0 Å². The van der Waals surface area contributed by atoms with Gasteiger partial charge in [0.25, 0.3) is 0 Å². The lowest BCUT2D eigenvalue weighted by Crippen LogP contribution is -2.03. The van der Waals surface area contributed by atoms with Crippen molar-refractivity contribution in [2.24, 2.45) is 5.73 Å². The molecular formula is C16H16N2O3S. The van der Waals surface area contributed by atoms with Crippen LogP contribution < -0.4 is 5.73 Å². The van der Waals surface area contributed by atoms with Gasteiger partial charge < -0.3 is 10.2 Å². The van der Waals surface area contributed by atoms with Gasteiger partial charge in [0.15, 0.2) is 15.4 Å². The Bertz CT molecular complexity index is 912. The molecule has 0 saturated heterocycles. The van der Waals surface area contributed by atoms with Crippen molar-refractivity contribution >= 4 is 20.9 Å². The molecule has 0 radical (unpaired) electrons. The maximum atomic E-state index is 11.9. The standard InChI is InChI=1S/C16H16N2O3S/c1-2-22(19,20)13-7-8-15-14(9-13)18-16(21-15)12-5-3-11(10-17)4-6-12/h3-9H,2,10,17H2,1H3. The predicted molar refractivity (Wildman–Crippen MR) is 85.1 cm³/mol. The maximum absolute atomic E-state index is 11.9. The summed E-state index contributed by atoms with van der Waals surface area (Å²) in [4.78, 5) is 4.65. The van der Waals surface area contributed by atoms with E-state index in [-0.39, 0.29) is 10.6 Å².